The lowest BCUT2D eigenvalue weighted by Crippen LogP contribution is -2.22. The average Bonchev–Trinajstić information content (AvgIpc) is 2.73. The van der Waals surface area contributed by atoms with Gasteiger partial charge in [0.2, 0.25) is 10.0 Å². The summed E-state index contributed by atoms with van der Waals surface area (Å²) in [6, 6.07) is 10.9. The summed E-state index contributed by atoms with van der Waals surface area (Å²) >= 11 is 0. The third-order valence-electron chi connectivity index (χ3n) is 4.42. The minimum Gasteiger partial charge on any atom is -0.483 e. The van der Waals surface area contributed by atoms with Gasteiger partial charge in [-0.05, 0) is 61.4 Å². The smallest absolute Gasteiger partial charge is 0.338 e. The molecule has 0 spiro atoms. The number of sulfonamides is 1. The highest BCUT2D eigenvalue weighted by molar-refractivity contribution is 7.89. The van der Waals surface area contributed by atoms with Gasteiger partial charge in [-0.25, -0.2) is 17.5 Å². The van der Waals surface area contributed by atoms with Gasteiger partial charge in [0.25, 0.3) is 5.91 Å². The van der Waals surface area contributed by atoms with Crippen LogP contribution in [-0.4, -0.2) is 51.9 Å². The molecule has 2 aromatic carbocycles. The van der Waals surface area contributed by atoms with Crippen LogP contribution in [0.3, 0.4) is 0 Å². The van der Waals surface area contributed by atoms with E-state index in [2.05, 4.69) is 5.32 Å². The third kappa shape index (κ3) is 6.80. The summed E-state index contributed by atoms with van der Waals surface area (Å²) in [6.45, 7) is 3.86. The van der Waals surface area contributed by atoms with Gasteiger partial charge < -0.3 is 14.8 Å². The lowest BCUT2D eigenvalue weighted by atomic mass is 10.2. The van der Waals surface area contributed by atoms with Crippen molar-refractivity contribution in [3.8, 4) is 5.75 Å². The topological polar surface area (TPSA) is 102 Å². The highest BCUT2D eigenvalue weighted by Crippen LogP contribution is 2.23. The van der Waals surface area contributed by atoms with Crippen LogP contribution in [0.25, 0.3) is 0 Å². The van der Waals surface area contributed by atoms with Gasteiger partial charge in [-0.2, -0.15) is 0 Å². The summed E-state index contributed by atoms with van der Waals surface area (Å²) in [4.78, 5) is 24.2. The zero-order valence-corrected chi connectivity index (χ0v) is 19.0. The van der Waals surface area contributed by atoms with Gasteiger partial charge in [0.15, 0.2) is 6.61 Å². The van der Waals surface area contributed by atoms with Gasteiger partial charge in [0, 0.05) is 19.8 Å². The van der Waals surface area contributed by atoms with Crippen molar-refractivity contribution in [3.63, 3.8) is 0 Å². The summed E-state index contributed by atoms with van der Waals surface area (Å²) in [7, 11) is -0.620. The number of benzene rings is 2. The van der Waals surface area contributed by atoms with Gasteiger partial charge in [0.1, 0.15) is 5.75 Å². The van der Waals surface area contributed by atoms with Gasteiger partial charge in [0.05, 0.1) is 17.1 Å². The molecule has 1 amide bonds. The Labute approximate surface area is 183 Å². The van der Waals surface area contributed by atoms with E-state index in [0.29, 0.717) is 29.2 Å². The van der Waals surface area contributed by atoms with Crippen molar-refractivity contribution in [2.75, 3.05) is 32.6 Å². The summed E-state index contributed by atoms with van der Waals surface area (Å²) in [5.74, 6) is -0.370. The van der Waals surface area contributed by atoms with E-state index >= 15 is 0 Å². The molecule has 0 radical (unpaired) electrons. The standard InChI is InChI=1S/C22H28N2O6S/c1-5-6-13-29-22(26)17-7-9-18(10-8-17)23-21(25)15-30-20-12-11-19(14-16(20)2)31(27,28)24(3)4/h7-12,14H,5-6,13,15H2,1-4H3,(H,23,25). The first kappa shape index (κ1) is 24.4. The van der Waals surface area contributed by atoms with E-state index in [0.717, 1.165) is 17.1 Å². The molecule has 0 aliphatic rings. The second-order valence-electron chi connectivity index (χ2n) is 7.12. The number of rotatable bonds is 10. The molecule has 1 N–H and O–H groups in total. The number of carbonyl (C=O) groups excluding carboxylic acids is 2. The Morgan fingerprint density at radius 2 is 1.74 bits per heavy atom. The van der Waals surface area contributed by atoms with Crippen LogP contribution in [0, 0.1) is 6.92 Å². The fourth-order valence-corrected chi connectivity index (χ4v) is 3.57. The lowest BCUT2D eigenvalue weighted by molar-refractivity contribution is -0.118. The van der Waals surface area contributed by atoms with Crippen LogP contribution < -0.4 is 10.1 Å². The average molecular weight is 449 g/mol. The Morgan fingerprint density at radius 1 is 1.06 bits per heavy atom. The zero-order valence-electron chi connectivity index (χ0n) is 18.2. The van der Waals surface area contributed by atoms with Crippen LogP contribution in [0.1, 0.15) is 35.7 Å². The molecule has 0 aliphatic carbocycles. The van der Waals surface area contributed by atoms with Crippen molar-refractivity contribution < 1.29 is 27.5 Å². The maximum Gasteiger partial charge on any atom is 0.338 e. The zero-order chi connectivity index (χ0) is 23.0. The summed E-state index contributed by atoms with van der Waals surface area (Å²) in [6.07, 6.45) is 1.76. The molecule has 0 atom stereocenters. The van der Waals surface area contributed by atoms with Crippen LogP contribution in [0.2, 0.25) is 0 Å². The Hall–Kier alpha value is -2.91. The molecule has 0 aliphatic heterocycles. The minimum atomic E-state index is -3.54. The van der Waals surface area contributed by atoms with E-state index in [1.54, 1.807) is 31.2 Å². The predicted octanol–water partition coefficient (Wildman–Crippen LogP) is 3.22. The number of aryl methyl sites for hydroxylation is 1. The van der Waals surface area contributed by atoms with Gasteiger partial charge in [-0.15, -0.1) is 0 Å². The molecule has 0 bridgehead atoms. The molecule has 0 aromatic heterocycles. The number of anilines is 1. The van der Waals surface area contributed by atoms with Crippen molar-refractivity contribution in [2.24, 2.45) is 0 Å². The Morgan fingerprint density at radius 3 is 2.32 bits per heavy atom. The molecule has 0 saturated carbocycles. The van der Waals surface area contributed by atoms with E-state index in [-0.39, 0.29) is 17.4 Å². The number of amides is 1. The number of hydrogen-bond donors (Lipinski definition) is 1. The number of ether oxygens (including phenoxy) is 2. The van der Waals surface area contributed by atoms with E-state index in [1.807, 2.05) is 6.92 Å². The molecule has 2 aromatic rings. The first-order valence-corrected chi connectivity index (χ1v) is 11.3. The summed E-state index contributed by atoms with van der Waals surface area (Å²) in [5, 5.41) is 2.68. The number of carbonyl (C=O) groups is 2. The highest BCUT2D eigenvalue weighted by Gasteiger charge is 2.18. The quantitative estimate of drug-likeness (QED) is 0.442. The third-order valence-corrected chi connectivity index (χ3v) is 6.23. The van der Waals surface area contributed by atoms with E-state index < -0.39 is 16.0 Å². The van der Waals surface area contributed by atoms with Crippen molar-refractivity contribution in [3.05, 3.63) is 53.6 Å². The Bertz CT molecular complexity index is 1020. The molecule has 0 fully saturated rings. The molecule has 2 rings (SSSR count). The Kier molecular flexibility index (Phi) is 8.58. The largest absolute Gasteiger partial charge is 0.483 e. The normalized spacial score (nSPS) is 11.3. The minimum absolute atomic E-state index is 0.153. The Balaban J connectivity index is 1.91. The SMILES string of the molecule is CCCCOC(=O)c1ccc(NC(=O)COc2ccc(S(=O)(=O)N(C)C)cc2C)cc1. The number of esters is 1. The number of hydrogen-bond acceptors (Lipinski definition) is 6. The molecule has 31 heavy (non-hydrogen) atoms. The van der Waals surface area contributed by atoms with Crippen LogP contribution in [0.4, 0.5) is 5.69 Å². The highest BCUT2D eigenvalue weighted by atomic mass is 32.2. The van der Waals surface area contributed by atoms with Crippen LogP contribution in [-0.2, 0) is 19.6 Å². The van der Waals surface area contributed by atoms with E-state index in [9.17, 15) is 18.0 Å². The van der Waals surface area contributed by atoms with Gasteiger partial charge >= 0.3 is 5.97 Å². The molecule has 8 nitrogen and oxygen atoms in total. The van der Waals surface area contributed by atoms with E-state index in [1.165, 1.54) is 32.3 Å². The summed E-state index contributed by atoms with van der Waals surface area (Å²) in [5.41, 5.74) is 1.53. The predicted molar refractivity (Wildman–Crippen MR) is 118 cm³/mol. The second kappa shape index (κ2) is 10.9. The first-order valence-electron chi connectivity index (χ1n) is 9.88. The fraction of sp³-hybridized carbons (Fsp3) is 0.364. The van der Waals surface area contributed by atoms with Crippen LogP contribution in [0.15, 0.2) is 47.4 Å². The van der Waals surface area contributed by atoms with Gasteiger partial charge in [-0.3, -0.25) is 4.79 Å². The molecule has 0 unspecified atom stereocenters. The number of nitrogens with one attached hydrogen (secondary N) is 1. The summed E-state index contributed by atoms with van der Waals surface area (Å²) < 4.78 is 36.2. The second-order valence-corrected chi connectivity index (χ2v) is 9.27. The van der Waals surface area contributed by atoms with Crippen molar-refractivity contribution in [1.29, 1.82) is 0 Å². The molecule has 168 valence electrons. The maximum absolute atomic E-state index is 12.2. The maximum atomic E-state index is 12.2. The lowest BCUT2D eigenvalue weighted by Gasteiger charge is -2.14. The van der Waals surface area contributed by atoms with Crippen LogP contribution >= 0.6 is 0 Å². The van der Waals surface area contributed by atoms with Crippen molar-refractivity contribution >= 4 is 27.6 Å². The molecular formula is C22H28N2O6S. The number of nitrogens with zero attached hydrogens (tertiary/aromatic N) is 1. The number of unbranched alkanes of at least 4 members (excludes halogenated alkanes) is 1. The van der Waals surface area contributed by atoms with Gasteiger partial charge in [-0.1, -0.05) is 13.3 Å². The first-order chi connectivity index (χ1) is 14.6. The molecule has 9 heteroatoms. The monoisotopic (exact) mass is 448 g/mol. The molecule has 0 saturated heterocycles. The van der Waals surface area contributed by atoms with Crippen molar-refractivity contribution in [2.45, 2.75) is 31.6 Å². The van der Waals surface area contributed by atoms with Crippen molar-refractivity contribution in [1.82, 2.24) is 4.31 Å². The molecular weight excluding hydrogens is 420 g/mol. The van der Waals surface area contributed by atoms with E-state index in [4.69, 9.17) is 9.47 Å². The van der Waals surface area contributed by atoms with Crippen LogP contribution in [0.5, 0.6) is 5.75 Å². The molecule has 0 heterocycles. The fourth-order valence-electron chi connectivity index (χ4n) is 2.58.